The van der Waals surface area contributed by atoms with Crippen molar-refractivity contribution in [3.05, 3.63) is 0 Å². The first-order valence-electron chi connectivity index (χ1n) is 5.98. The summed E-state index contributed by atoms with van der Waals surface area (Å²) in [4.78, 5) is 0. The van der Waals surface area contributed by atoms with E-state index in [2.05, 4.69) is 26.1 Å². The molecule has 0 amide bonds. The van der Waals surface area contributed by atoms with Crippen molar-refractivity contribution in [2.24, 2.45) is 5.92 Å². The van der Waals surface area contributed by atoms with Crippen LogP contribution in [0.2, 0.25) is 0 Å². The van der Waals surface area contributed by atoms with Crippen LogP contribution in [0.1, 0.15) is 60.7 Å². The first-order chi connectivity index (χ1) is 6.27. The fraction of sp³-hybridized carbons (Fsp3) is 1.00. The van der Waals surface area contributed by atoms with Crippen LogP contribution in [-0.4, -0.2) is 13.1 Å². The molecule has 0 bridgehead atoms. The zero-order valence-electron chi connectivity index (χ0n) is 9.73. The van der Waals surface area contributed by atoms with Gasteiger partial charge in [0.05, 0.1) is 0 Å². The molecule has 0 rings (SSSR count). The van der Waals surface area contributed by atoms with E-state index in [1.165, 1.54) is 45.1 Å². The van der Waals surface area contributed by atoms with E-state index in [1.807, 2.05) is 0 Å². The van der Waals surface area contributed by atoms with Crippen molar-refractivity contribution < 1.29 is 1.43 Å². The molecule has 0 unspecified atom stereocenters. The van der Waals surface area contributed by atoms with Crippen LogP contribution in [0, 0.1) is 5.92 Å². The summed E-state index contributed by atoms with van der Waals surface area (Å²) in [5.74, 6) is 0.891. The van der Waals surface area contributed by atoms with E-state index in [1.54, 1.807) is 0 Å². The van der Waals surface area contributed by atoms with E-state index < -0.39 is 0 Å². The zero-order valence-corrected chi connectivity index (χ0v) is 9.73. The number of nitrogens with one attached hydrogen (secondary N) is 1. The molecule has 1 N–H and O–H groups in total. The second kappa shape index (κ2) is 10.0. The summed E-state index contributed by atoms with van der Waals surface area (Å²) in [7, 11) is 0. The van der Waals surface area contributed by atoms with Crippen LogP contribution in [0.15, 0.2) is 0 Å². The third-order valence-corrected chi connectivity index (χ3v) is 2.39. The average molecular weight is 187 g/mol. The Kier molecular flexibility index (Phi) is 10.0. The van der Waals surface area contributed by atoms with Crippen LogP contribution in [-0.2, 0) is 0 Å². The molecule has 13 heavy (non-hydrogen) atoms. The molecular weight excluding hydrogens is 158 g/mol. The molecule has 0 saturated heterocycles. The van der Waals surface area contributed by atoms with E-state index >= 15 is 0 Å². The molecule has 0 saturated carbocycles. The number of rotatable bonds is 9. The normalized spacial score (nSPS) is 11.1. The van der Waals surface area contributed by atoms with Gasteiger partial charge in [0.15, 0.2) is 0 Å². The molecule has 0 atom stereocenters. The lowest BCUT2D eigenvalue weighted by atomic mass is 10.0. The van der Waals surface area contributed by atoms with Gasteiger partial charge in [-0.25, -0.2) is 0 Å². The lowest BCUT2D eigenvalue weighted by molar-refractivity contribution is 0.511. The van der Waals surface area contributed by atoms with E-state index in [9.17, 15) is 0 Å². The van der Waals surface area contributed by atoms with Gasteiger partial charge in [0, 0.05) is 1.43 Å². The minimum atomic E-state index is 0. The van der Waals surface area contributed by atoms with Crippen molar-refractivity contribution in [3.8, 4) is 0 Å². The van der Waals surface area contributed by atoms with Gasteiger partial charge in [0.2, 0.25) is 0 Å². The maximum Gasteiger partial charge on any atom is 0 e. The van der Waals surface area contributed by atoms with Gasteiger partial charge in [0.25, 0.3) is 0 Å². The Morgan fingerprint density at radius 2 is 1.62 bits per heavy atom. The molecule has 0 aromatic heterocycles. The van der Waals surface area contributed by atoms with Gasteiger partial charge in [-0.1, -0.05) is 52.9 Å². The molecule has 0 aliphatic heterocycles. The summed E-state index contributed by atoms with van der Waals surface area (Å²) in [5, 5.41) is 3.36. The number of hydrogen-bond acceptors (Lipinski definition) is 1. The Balaban J connectivity index is 0. The smallest absolute Gasteiger partial charge is 0 e. The summed E-state index contributed by atoms with van der Waals surface area (Å²) < 4.78 is 0. The third kappa shape index (κ3) is 12.0. The fourth-order valence-corrected chi connectivity index (χ4v) is 1.51. The van der Waals surface area contributed by atoms with Gasteiger partial charge in [-0.2, -0.15) is 0 Å². The van der Waals surface area contributed by atoms with Gasteiger partial charge < -0.3 is 5.32 Å². The third-order valence-electron chi connectivity index (χ3n) is 2.39. The lowest BCUT2D eigenvalue weighted by Gasteiger charge is -2.04. The molecule has 1 heteroatoms. The molecule has 82 valence electrons. The highest BCUT2D eigenvalue weighted by molar-refractivity contribution is 4.49. The summed E-state index contributed by atoms with van der Waals surface area (Å²) in [6.07, 6.45) is 8.47. The zero-order chi connectivity index (χ0) is 9.94. The summed E-state index contributed by atoms with van der Waals surface area (Å²) in [5.41, 5.74) is 0. The van der Waals surface area contributed by atoms with E-state index in [4.69, 9.17) is 0 Å². The van der Waals surface area contributed by atoms with Crippen molar-refractivity contribution in [2.45, 2.75) is 59.3 Å². The second-order valence-electron chi connectivity index (χ2n) is 4.30. The van der Waals surface area contributed by atoms with Gasteiger partial charge in [0.1, 0.15) is 0 Å². The molecule has 0 aliphatic rings. The molecule has 0 aromatic carbocycles. The molecular formula is C12H29N. The largest absolute Gasteiger partial charge is 0.317 e. The standard InChI is InChI=1S/C12H27N.H2/c1-4-13-11-9-7-5-6-8-10-12(2)3;/h12-13H,4-11H2,1-3H3;1H. The molecule has 1 nitrogen and oxygen atoms in total. The highest BCUT2D eigenvalue weighted by Crippen LogP contribution is 2.09. The summed E-state index contributed by atoms with van der Waals surface area (Å²) in [6, 6.07) is 0. The Hall–Kier alpha value is -0.0400. The van der Waals surface area contributed by atoms with Gasteiger partial charge >= 0.3 is 0 Å². The maximum absolute atomic E-state index is 3.36. The van der Waals surface area contributed by atoms with Gasteiger partial charge in [-0.3, -0.25) is 0 Å². The second-order valence-corrected chi connectivity index (χ2v) is 4.30. The molecule has 0 aromatic rings. The molecule has 0 aliphatic carbocycles. The van der Waals surface area contributed by atoms with E-state index in [0.717, 1.165) is 12.5 Å². The Morgan fingerprint density at radius 1 is 1.00 bits per heavy atom. The lowest BCUT2D eigenvalue weighted by Crippen LogP contribution is -2.13. The van der Waals surface area contributed by atoms with Crippen molar-refractivity contribution in [3.63, 3.8) is 0 Å². The maximum atomic E-state index is 3.36. The van der Waals surface area contributed by atoms with Crippen LogP contribution >= 0.6 is 0 Å². The van der Waals surface area contributed by atoms with Crippen molar-refractivity contribution in [2.75, 3.05) is 13.1 Å². The SMILES string of the molecule is CCNCCCCCCCC(C)C.[HH]. The Morgan fingerprint density at radius 3 is 2.23 bits per heavy atom. The van der Waals surface area contributed by atoms with Crippen molar-refractivity contribution in [1.82, 2.24) is 5.32 Å². The van der Waals surface area contributed by atoms with Crippen LogP contribution in [0.25, 0.3) is 0 Å². The quantitative estimate of drug-likeness (QED) is 0.541. The van der Waals surface area contributed by atoms with Gasteiger partial charge in [-0.05, 0) is 25.4 Å². The minimum absolute atomic E-state index is 0. The fourth-order valence-electron chi connectivity index (χ4n) is 1.51. The van der Waals surface area contributed by atoms with Gasteiger partial charge in [-0.15, -0.1) is 0 Å². The molecule has 0 radical (unpaired) electrons. The molecule has 0 fully saturated rings. The van der Waals surface area contributed by atoms with E-state index in [-0.39, 0.29) is 1.43 Å². The Bertz CT molecular complexity index is 94.3. The monoisotopic (exact) mass is 187 g/mol. The average Bonchev–Trinajstić information content (AvgIpc) is 2.09. The summed E-state index contributed by atoms with van der Waals surface area (Å²) in [6.45, 7) is 9.12. The van der Waals surface area contributed by atoms with E-state index in [0.29, 0.717) is 0 Å². The summed E-state index contributed by atoms with van der Waals surface area (Å²) >= 11 is 0. The number of hydrogen-bond donors (Lipinski definition) is 1. The van der Waals surface area contributed by atoms with Crippen molar-refractivity contribution in [1.29, 1.82) is 0 Å². The highest BCUT2D eigenvalue weighted by Gasteiger charge is 1.94. The first-order valence-corrected chi connectivity index (χ1v) is 5.98. The van der Waals surface area contributed by atoms with Crippen molar-refractivity contribution >= 4 is 0 Å². The highest BCUT2D eigenvalue weighted by atomic mass is 14.8. The Labute approximate surface area is 85.8 Å². The predicted molar refractivity (Wildman–Crippen MR) is 63.2 cm³/mol. The topological polar surface area (TPSA) is 12.0 Å². The predicted octanol–water partition coefficient (Wildman–Crippen LogP) is 3.84. The molecule has 0 heterocycles. The number of unbranched alkanes of at least 4 members (excludes halogenated alkanes) is 4. The first kappa shape index (κ1) is 13.0. The van der Waals surface area contributed by atoms with Crippen LogP contribution in [0.3, 0.4) is 0 Å². The molecule has 0 spiro atoms. The van der Waals surface area contributed by atoms with Crippen LogP contribution < -0.4 is 5.32 Å². The minimum Gasteiger partial charge on any atom is -0.317 e. The van der Waals surface area contributed by atoms with Crippen LogP contribution in [0.4, 0.5) is 0 Å². The van der Waals surface area contributed by atoms with Crippen LogP contribution in [0.5, 0.6) is 0 Å².